The van der Waals surface area contributed by atoms with Crippen molar-refractivity contribution in [3.05, 3.63) is 57.7 Å². The fraction of sp³-hybridized carbons (Fsp3) is 0.500. The van der Waals surface area contributed by atoms with E-state index in [0.717, 1.165) is 4.57 Å². The van der Waals surface area contributed by atoms with Gasteiger partial charge in [-0.25, -0.2) is 13.8 Å². The Bertz CT molecular complexity index is 1190. The van der Waals surface area contributed by atoms with Crippen molar-refractivity contribution < 1.29 is 32.3 Å². The van der Waals surface area contributed by atoms with Crippen molar-refractivity contribution in [3.8, 4) is 5.75 Å². The van der Waals surface area contributed by atoms with Crippen LogP contribution in [-0.4, -0.2) is 46.0 Å². The molecule has 0 radical (unpaired) electrons. The maximum Gasteiger partial charge on any atom is 0.459 e. The van der Waals surface area contributed by atoms with Crippen molar-refractivity contribution in [2.75, 3.05) is 6.61 Å². The molecule has 1 aliphatic heterocycles. The average Bonchev–Trinajstić information content (AvgIpc) is 3.06. The lowest BCUT2D eigenvalue weighted by Crippen LogP contribution is -2.36. The third-order valence-electron chi connectivity index (χ3n) is 5.02. The molecule has 13 heteroatoms. The molecule has 1 unspecified atom stereocenters. The topological polar surface area (TPSA) is 121 Å². The van der Waals surface area contributed by atoms with Crippen LogP contribution in [0.25, 0.3) is 0 Å². The number of hydrogen-bond acceptors (Lipinski definition) is 8. The molecule has 5 atom stereocenters. The fourth-order valence-corrected chi connectivity index (χ4v) is 5.17. The summed E-state index contributed by atoms with van der Waals surface area (Å²) in [5.74, 6) is -0.408. The van der Waals surface area contributed by atoms with Crippen LogP contribution >= 0.6 is 20.0 Å². The summed E-state index contributed by atoms with van der Waals surface area (Å²) in [5, 5.41) is 2.57. The van der Waals surface area contributed by atoms with Gasteiger partial charge in [-0.15, -0.1) is 0 Å². The quantitative estimate of drug-likeness (QED) is 0.267. The zero-order valence-electron chi connectivity index (χ0n) is 19.8. The summed E-state index contributed by atoms with van der Waals surface area (Å²) in [6.07, 6.45) is -1.28. The SMILES string of the molecule is CC(C)OC(=O)[C@H](C)NP(=O)(OC[C@@H]1C[C@@](C)(F)[C@H](n2ccc(=S)[nH]c2=O)O1)Oc1ccccc1. The van der Waals surface area contributed by atoms with Crippen LogP contribution in [0.5, 0.6) is 5.75 Å². The maximum atomic E-state index is 15.3. The van der Waals surface area contributed by atoms with Gasteiger partial charge < -0.3 is 14.0 Å². The minimum absolute atomic E-state index is 0.143. The van der Waals surface area contributed by atoms with E-state index in [1.165, 1.54) is 26.1 Å². The van der Waals surface area contributed by atoms with Crippen LogP contribution < -0.4 is 15.3 Å². The van der Waals surface area contributed by atoms with Gasteiger partial charge in [0.1, 0.15) is 16.4 Å². The first kappa shape index (κ1) is 27.2. The molecule has 0 bridgehead atoms. The predicted molar refractivity (Wildman–Crippen MR) is 128 cm³/mol. The molecule has 1 saturated heterocycles. The Hall–Kier alpha value is -2.37. The normalized spacial score (nSPS) is 24.6. The first-order valence-corrected chi connectivity index (χ1v) is 13.0. The number of ether oxygens (including phenoxy) is 2. The second-order valence-electron chi connectivity index (χ2n) is 8.64. The van der Waals surface area contributed by atoms with Crippen molar-refractivity contribution in [1.29, 1.82) is 0 Å². The standard InChI is InChI=1S/C22H29FN3O7PS/c1-14(2)31-19(27)15(3)25-34(29,33-16-8-6-5-7-9-16)30-13-17-12-22(4,23)20(32-17)26-11-10-18(35)24-21(26)28/h5-11,14-15,17,20H,12-13H2,1-4H3,(H,25,29)(H,24,28,35)/t15-,17-,20+,22+,34?/m0/s1. The molecule has 0 saturated carbocycles. The summed E-state index contributed by atoms with van der Waals surface area (Å²) in [6, 6.07) is 8.67. The van der Waals surface area contributed by atoms with E-state index in [-0.39, 0.29) is 29.5 Å². The number of aromatic amines is 1. The minimum atomic E-state index is -4.14. The van der Waals surface area contributed by atoms with Gasteiger partial charge in [0.15, 0.2) is 11.9 Å². The Morgan fingerprint density at radius 1 is 1.34 bits per heavy atom. The van der Waals surface area contributed by atoms with E-state index < -0.39 is 43.4 Å². The first-order valence-electron chi connectivity index (χ1n) is 11.0. The lowest BCUT2D eigenvalue weighted by Gasteiger charge is -2.24. The number of halogens is 1. The van der Waals surface area contributed by atoms with Crippen molar-refractivity contribution in [2.45, 2.75) is 64.3 Å². The number of H-pyrrole nitrogens is 1. The number of rotatable bonds is 10. The van der Waals surface area contributed by atoms with Gasteiger partial charge >= 0.3 is 19.4 Å². The monoisotopic (exact) mass is 529 g/mol. The Morgan fingerprint density at radius 2 is 2.03 bits per heavy atom. The highest BCUT2D eigenvalue weighted by atomic mass is 32.1. The zero-order chi connectivity index (χ0) is 25.8. The van der Waals surface area contributed by atoms with Gasteiger partial charge in [0.2, 0.25) is 0 Å². The number of para-hydroxylation sites is 1. The smallest absolute Gasteiger partial charge is 0.459 e. The second-order valence-corrected chi connectivity index (χ2v) is 10.8. The van der Waals surface area contributed by atoms with E-state index in [2.05, 4.69) is 10.1 Å². The highest BCUT2D eigenvalue weighted by molar-refractivity contribution is 7.71. The van der Waals surface area contributed by atoms with Gasteiger partial charge in [-0.2, -0.15) is 5.09 Å². The van der Waals surface area contributed by atoms with E-state index >= 15 is 4.39 Å². The predicted octanol–water partition coefficient (Wildman–Crippen LogP) is 4.05. The number of carbonyl (C=O) groups is 1. The Kier molecular flexibility index (Phi) is 8.66. The van der Waals surface area contributed by atoms with Crippen LogP contribution in [0.15, 0.2) is 47.4 Å². The summed E-state index contributed by atoms with van der Waals surface area (Å²) in [4.78, 5) is 26.9. The third kappa shape index (κ3) is 7.31. The van der Waals surface area contributed by atoms with Crippen molar-refractivity contribution in [1.82, 2.24) is 14.6 Å². The summed E-state index contributed by atoms with van der Waals surface area (Å²) in [5.41, 5.74) is -2.55. The zero-order valence-corrected chi connectivity index (χ0v) is 21.5. The molecule has 2 N–H and O–H groups in total. The average molecular weight is 530 g/mol. The number of carbonyl (C=O) groups excluding carboxylic acids is 1. The highest BCUT2D eigenvalue weighted by Gasteiger charge is 2.48. The third-order valence-corrected chi connectivity index (χ3v) is 6.91. The van der Waals surface area contributed by atoms with E-state index in [0.29, 0.717) is 0 Å². The second kappa shape index (κ2) is 11.1. The van der Waals surface area contributed by atoms with E-state index in [9.17, 15) is 14.2 Å². The molecule has 2 heterocycles. The molecule has 3 rings (SSSR count). The van der Waals surface area contributed by atoms with Crippen LogP contribution in [-0.2, 0) is 23.4 Å². The van der Waals surface area contributed by atoms with Crippen LogP contribution in [0, 0.1) is 4.64 Å². The molecule has 10 nitrogen and oxygen atoms in total. The van der Waals surface area contributed by atoms with Gasteiger partial charge in [-0.3, -0.25) is 18.9 Å². The maximum absolute atomic E-state index is 15.3. The van der Waals surface area contributed by atoms with Crippen LogP contribution in [0.1, 0.15) is 40.3 Å². The molecule has 0 amide bonds. The molecule has 35 heavy (non-hydrogen) atoms. The van der Waals surface area contributed by atoms with E-state index in [1.807, 2.05) is 0 Å². The van der Waals surface area contributed by atoms with Crippen molar-refractivity contribution in [2.24, 2.45) is 0 Å². The van der Waals surface area contributed by atoms with Gasteiger partial charge in [0, 0.05) is 12.6 Å². The van der Waals surface area contributed by atoms with Gasteiger partial charge in [0.25, 0.3) is 0 Å². The molecule has 1 aromatic carbocycles. The molecule has 1 fully saturated rings. The summed E-state index contributed by atoms with van der Waals surface area (Å²) in [7, 11) is -4.14. The van der Waals surface area contributed by atoms with Crippen LogP contribution in [0.4, 0.5) is 4.39 Å². The number of alkyl halides is 1. The highest BCUT2D eigenvalue weighted by Crippen LogP contribution is 2.47. The molecule has 2 aromatic rings. The van der Waals surface area contributed by atoms with Gasteiger partial charge in [0.05, 0.1) is 18.8 Å². The largest absolute Gasteiger partial charge is 0.462 e. The number of hydrogen-bond donors (Lipinski definition) is 2. The number of nitrogens with zero attached hydrogens (tertiary/aromatic N) is 1. The fourth-order valence-electron chi connectivity index (χ4n) is 3.50. The molecule has 192 valence electrons. The number of benzene rings is 1. The molecule has 0 spiro atoms. The lowest BCUT2D eigenvalue weighted by atomic mass is 10.0. The summed E-state index contributed by atoms with van der Waals surface area (Å²) >= 11 is 4.92. The number of nitrogens with one attached hydrogen (secondary N) is 2. The summed E-state index contributed by atoms with van der Waals surface area (Å²) in [6.45, 7) is 5.80. The molecular formula is C22H29FN3O7PS. The lowest BCUT2D eigenvalue weighted by molar-refractivity contribution is -0.149. The summed E-state index contributed by atoms with van der Waals surface area (Å²) < 4.78 is 52.2. The van der Waals surface area contributed by atoms with Crippen molar-refractivity contribution in [3.63, 3.8) is 0 Å². The molecule has 0 aliphatic carbocycles. The Labute approximate surface area is 207 Å². The van der Waals surface area contributed by atoms with E-state index in [4.69, 9.17) is 30.7 Å². The molecule has 1 aromatic heterocycles. The van der Waals surface area contributed by atoms with Gasteiger partial charge in [-0.05, 0) is 45.9 Å². The Balaban J connectivity index is 1.75. The molecule has 1 aliphatic rings. The van der Waals surface area contributed by atoms with E-state index in [1.54, 1.807) is 44.2 Å². The molecular weight excluding hydrogens is 500 g/mol. The Morgan fingerprint density at radius 3 is 2.66 bits per heavy atom. The minimum Gasteiger partial charge on any atom is -0.462 e. The number of aromatic nitrogens is 2. The first-order chi connectivity index (χ1) is 16.4. The number of esters is 1. The van der Waals surface area contributed by atoms with Crippen LogP contribution in [0.3, 0.4) is 0 Å². The van der Waals surface area contributed by atoms with Gasteiger partial charge in [-0.1, -0.05) is 30.4 Å². The van der Waals surface area contributed by atoms with Crippen molar-refractivity contribution >= 4 is 25.9 Å². The van der Waals surface area contributed by atoms with Crippen LogP contribution in [0.2, 0.25) is 0 Å².